The van der Waals surface area contributed by atoms with Crippen molar-refractivity contribution in [2.24, 2.45) is 0 Å². The molecule has 0 aliphatic heterocycles. The standard InChI is InChI=1S/C27H22ClFN4O5S/c1-13-9-17(15(3)31-21-7-8-22(28)32-23(21)27(35)33-39(4,36)37)26-19(10-13)24(34)14(2)25(38-26)18-11-16(12-30)5-6-20(18)29/h5-11,15,31H,1-4H3,(H,33,35)/t15-/m1/s1. The van der Waals surface area contributed by atoms with E-state index in [0.29, 0.717) is 5.56 Å². The fourth-order valence-corrected chi connectivity index (χ4v) is 4.75. The van der Waals surface area contributed by atoms with Gasteiger partial charge in [-0.2, -0.15) is 5.26 Å². The van der Waals surface area contributed by atoms with Gasteiger partial charge in [0.25, 0.3) is 5.91 Å². The monoisotopic (exact) mass is 568 g/mol. The van der Waals surface area contributed by atoms with E-state index >= 15 is 0 Å². The summed E-state index contributed by atoms with van der Waals surface area (Å²) in [6.07, 6.45) is 0.834. The Morgan fingerprint density at radius 2 is 1.90 bits per heavy atom. The molecule has 2 aromatic carbocycles. The molecule has 12 heteroatoms. The normalized spacial score (nSPS) is 12.1. The van der Waals surface area contributed by atoms with Crippen LogP contribution in [0.15, 0.2) is 51.7 Å². The van der Waals surface area contributed by atoms with Gasteiger partial charge >= 0.3 is 0 Å². The highest BCUT2D eigenvalue weighted by Gasteiger charge is 2.23. The molecule has 0 radical (unpaired) electrons. The molecule has 0 aliphatic rings. The van der Waals surface area contributed by atoms with Gasteiger partial charge in [-0.1, -0.05) is 17.7 Å². The number of pyridine rings is 1. The van der Waals surface area contributed by atoms with E-state index in [2.05, 4.69) is 10.3 Å². The number of nitriles is 1. The zero-order chi connectivity index (χ0) is 28.6. The van der Waals surface area contributed by atoms with E-state index in [1.54, 1.807) is 26.0 Å². The first-order valence-electron chi connectivity index (χ1n) is 11.5. The highest BCUT2D eigenvalue weighted by atomic mass is 35.5. The molecule has 0 spiro atoms. The van der Waals surface area contributed by atoms with Crippen LogP contribution >= 0.6 is 11.6 Å². The molecule has 2 heterocycles. The van der Waals surface area contributed by atoms with Gasteiger partial charge in [-0.05, 0) is 62.7 Å². The predicted octanol–water partition coefficient (Wildman–Crippen LogP) is 5.00. The van der Waals surface area contributed by atoms with Crippen molar-refractivity contribution < 1.29 is 22.0 Å². The van der Waals surface area contributed by atoms with Gasteiger partial charge in [-0.25, -0.2) is 22.5 Å². The molecule has 0 saturated carbocycles. The number of fused-ring (bicyclic) bond motifs is 1. The molecule has 4 rings (SSSR count). The van der Waals surface area contributed by atoms with Crippen molar-refractivity contribution in [1.29, 1.82) is 5.26 Å². The van der Waals surface area contributed by atoms with Gasteiger partial charge in [0, 0.05) is 11.1 Å². The summed E-state index contributed by atoms with van der Waals surface area (Å²) >= 11 is 5.96. The topological polar surface area (TPSA) is 142 Å². The zero-order valence-corrected chi connectivity index (χ0v) is 22.8. The second-order valence-corrected chi connectivity index (χ2v) is 11.2. The molecule has 200 valence electrons. The minimum atomic E-state index is -3.88. The molecule has 2 N–H and O–H groups in total. The summed E-state index contributed by atoms with van der Waals surface area (Å²) in [4.78, 5) is 30.0. The molecule has 0 aliphatic carbocycles. The fraction of sp³-hybridized carbons (Fsp3) is 0.185. The van der Waals surface area contributed by atoms with E-state index in [9.17, 15) is 27.7 Å². The van der Waals surface area contributed by atoms with Crippen LogP contribution in [0.5, 0.6) is 0 Å². The van der Waals surface area contributed by atoms with Crippen molar-refractivity contribution >= 4 is 44.2 Å². The van der Waals surface area contributed by atoms with Crippen LogP contribution in [0.3, 0.4) is 0 Å². The number of amides is 1. The Hall–Kier alpha value is -4.27. The number of nitrogens with zero attached hydrogens (tertiary/aromatic N) is 2. The summed E-state index contributed by atoms with van der Waals surface area (Å²) in [5.74, 6) is -1.66. The molecule has 1 atom stereocenters. The lowest BCUT2D eigenvalue weighted by Gasteiger charge is -2.20. The van der Waals surface area contributed by atoms with Crippen LogP contribution in [0.25, 0.3) is 22.3 Å². The van der Waals surface area contributed by atoms with Crippen molar-refractivity contribution in [3.8, 4) is 17.4 Å². The van der Waals surface area contributed by atoms with Crippen molar-refractivity contribution in [2.75, 3.05) is 11.6 Å². The molecular formula is C27H22ClFN4O5S. The van der Waals surface area contributed by atoms with Gasteiger partial charge in [0.05, 0.1) is 40.6 Å². The molecule has 2 aromatic heterocycles. The first-order chi connectivity index (χ1) is 18.3. The lowest BCUT2D eigenvalue weighted by atomic mass is 9.98. The van der Waals surface area contributed by atoms with Gasteiger partial charge in [-0.15, -0.1) is 0 Å². The minimum Gasteiger partial charge on any atom is -0.455 e. The van der Waals surface area contributed by atoms with E-state index in [1.807, 2.05) is 10.8 Å². The number of hydrogen-bond acceptors (Lipinski definition) is 8. The summed E-state index contributed by atoms with van der Waals surface area (Å²) in [7, 11) is -3.88. The fourth-order valence-electron chi connectivity index (χ4n) is 4.17. The molecule has 4 aromatic rings. The number of benzene rings is 2. The van der Waals surface area contributed by atoms with E-state index in [1.165, 1.54) is 31.2 Å². The maximum absolute atomic E-state index is 14.8. The number of anilines is 1. The second-order valence-electron chi connectivity index (χ2n) is 9.02. The number of hydrogen-bond donors (Lipinski definition) is 2. The highest BCUT2D eigenvalue weighted by molar-refractivity contribution is 7.89. The van der Waals surface area contributed by atoms with Crippen LogP contribution in [0.2, 0.25) is 5.15 Å². The van der Waals surface area contributed by atoms with Crippen LogP contribution in [0.4, 0.5) is 10.1 Å². The lowest BCUT2D eigenvalue weighted by molar-refractivity contribution is 0.0977. The molecule has 39 heavy (non-hydrogen) atoms. The highest BCUT2D eigenvalue weighted by Crippen LogP contribution is 2.34. The third-order valence-corrected chi connectivity index (χ3v) is 6.69. The number of carbonyl (C=O) groups excluding carboxylic acids is 1. The Morgan fingerprint density at radius 3 is 2.56 bits per heavy atom. The third kappa shape index (κ3) is 5.77. The molecule has 0 fully saturated rings. The summed E-state index contributed by atoms with van der Waals surface area (Å²) in [6.45, 7) is 5.05. The molecule has 0 saturated heterocycles. The predicted molar refractivity (Wildman–Crippen MR) is 146 cm³/mol. The Kier molecular flexibility index (Phi) is 7.46. The number of carbonyl (C=O) groups is 1. The first-order valence-corrected chi connectivity index (χ1v) is 13.8. The van der Waals surface area contributed by atoms with E-state index < -0.39 is 27.8 Å². The largest absolute Gasteiger partial charge is 0.455 e. The molecule has 0 bridgehead atoms. The Morgan fingerprint density at radius 1 is 1.18 bits per heavy atom. The summed E-state index contributed by atoms with van der Waals surface area (Å²) < 4.78 is 46.1. The quantitative estimate of drug-likeness (QED) is 0.309. The minimum absolute atomic E-state index is 0.0132. The Labute approximate surface area is 228 Å². The van der Waals surface area contributed by atoms with Crippen molar-refractivity contribution in [3.05, 3.63) is 91.6 Å². The van der Waals surface area contributed by atoms with Crippen molar-refractivity contribution in [3.63, 3.8) is 0 Å². The van der Waals surface area contributed by atoms with Crippen LogP contribution < -0.4 is 15.5 Å². The average molecular weight is 569 g/mol. The molecule has 9 nitrogen and oxygen atoms in total. The summed E-state index contributed by atoms with van der Waals surface area (Å²) in [6, 6.07) is 11.4. The number of halogens is 2. The summed E-state index contributed by atoms with van der Waals surface area (Å²) in [5.41, 5.74) is 1.31. The van der Waals surface area contributed by atoms with Crippen LogP contribution in [0, 0.1) is 31.0 Å². The van der Waals surface area contributed by atoms with E-state index in [0.717, 1.165) is 17.9 Å². The molecule has 0 unspecified atom stereocenters. The first kappa shape index (κ1) is 27.8. The van der Waals surface area contributed by atoms with Gasteiger partial charge in [0.2, 0.25) is 10.0 Å². The average Bonchev–Trinajstić information content (AvgIpc) is 2.86. The van der Waals surface area contributed by atoms with Gasteiger partial charge in [-0.3, -0.25) is 9.59 Å². The number of aryl methyl sites for hydroxylation is 1. The smallest absolute Gasteiger partial charge is 0.285 e. The number of nitrogens with one attached hydrogen (secondary N) is 2. The van der Waals surface area contributed by atoms with Crippen molar-refractivity contribution in [2.45, 2.75) is 26.8 Å². The van der Waals surface area contributed by atoms with Crippen LogP contribution in [0.1, 0.15) is 45.7 Å². The number of sulfonamides is 1. The van der Waals surface area contributed by atoms with E-state index in [4.69, 9.17) is 16.0 Å². The van der Waals surface area contributed by atoms with Gasteiger partial charge < -0.3 is 9.73 Å². The third-order valence-electron chi connectivity index (χ3n) is 5.92. The number of aromatic nitrogens is 1. The maximum atomic E-state index is 14.8. The van der Waals surface area contributed by atoms with Crippen molar-refractivity contribution in [1.82, 2.24) is 9.71 Å². The molecule has 1 amide bonds. The maximum Gasteiger partial charge on any atom is 0.285 e. The van der Waals surface area contributed by atoms with Crippen LogP contribution in [-0.2, 0) is 10.0 Å². The van der Waals surface area contributed by atoms with Gasteiger partial charge in [0.15, 0.2) is 11.1 Å². The van der Waals surface area contributed by atoms with Crippen LogP contribution in [-0.4, -0.2) is 25.6 Å². The number of rotatable bonds is 6. The molecular weight excluding hydrogens is 547 g/mol. The zero-order valence-electron chi connectivity index (χ0n) is 21.2. The Balaban J connectivity index is 1.88. The SMILES string of the molecule is Cc1cc([C@@H](C)Nc2ccc(Cl)nc2C(=O)NS(C)(=O)=O)c2oc(-c3cc(C#N)ccc3F)c(C)c(=O)c2c1. The Bertz CT molecular complexity index is 1870. The summed E-state index contributed by atoms with van der Waals surface area (Å²) in [5, 5.41) is 12.6. The lowest BCUT2D eigenvalue weighted by Crippen LogP contribution is -2.31. The van der Waals surface area contributed by atoms with E-state index in [-0.39, 0.29) is 55.4 Å². The van der Waals surface area contributed by atoms with Gasteiger partial charge in [0.1, 0.15) is 22.3 Å². The second kappa shape index (κ2) is 10.5.